The minimum Gasteiger partial charge on any atom is -0.507 e. The van der Waals surface area contributed by atoms with Crippen molar-refractivity contribution in [2.24, 2.45) is 0 Å². The summed E-state index contributed by atoms with van der Waals surface area (Å²) in [7, 11) is 2.72. The number of hydrogen-bond donors (Lipinski definition) is 7. The van der Waals surface area contributed by atoms with Gasteiger partial charge in [-0.25, -0.2) is 0 Å². The highest BCUT2D eigenvalue weighted by molar-refractivity contribution is 5.98. The third-order valence-electron chi connectivity index (χ3n) is 7.05. The average Bonchev–Trinajstić information content (AvgIpc) is 2.96. The molecule has 3 heterocycles. The van der Waals surface area contributed by atoms with Gasteiger partial charge in [0.15, 0.2) is 17.6 Å². The van der Waals surface area contributed by atoms with Crippen LogP contribution >= 0.6 is 0 Å². The van der Waals surface area contributed by atoms with Gasteiger partial charge in [0, 0.05) is 12.1 Å². The van der Waals surface area contributed by atoms with Gasteiger partial charge < -0.3 is 68.6 Å². The van der Waals surface area contributed by atoms with Crippen molar-refractivity contribution in [1.29, 1.82) is 0 Å². The second-order valence-electron chi connectivity index (χ2n) is 9.64. The lowest BCUT2D eigenvalue weighted by Crippen LogP contribution is -2.61. The minimum atomic E-state index is -1.81. The van der Waals surface area contributed by atoms with Crippen molar-refractivity contribution in [3.8, 4) is 23.0 Å². The molecule has 2 aliphatic heterocycles. The summed E-state index contributed by atoms with van der Waals surface area (Å²) in [6.45, 7) is -0.833. The van der Waals surface area contributed by atoms with Crippen molar-refractivity contribution >= 4 is 21.9 Å². The summed E-state index contributed by atoms with van der Waals surface area (Å²) in [6, 6.07) is 5.39. The number of hydrogen-bond acceptors (Lipinski definition) is 15. The number of aliphatic hydroxyl groups excluding tert-OH is 6. The van der Waals surface area contributed by atoms with Crippen LogP contribution in [0.25, 0.3) is 21.9 Å². The molecule has 0 radical (unpaired) electrons. The molecule has 2 aromatic carbocycles. The Bertz CT molecular complexity index is 1460. The molecule has 0 saturated carbocycles. The Morgan fingerprint density at radius 3 is 2.29 bits per heavy atom. The molecule has 9 atom stereocenters. The van der Waals surface area contributed by atoms with E-state index in [-0.39, 0.29) is 51.5 Å². The number of rotatable bonds is 7. The molecular formula is C26H30O15. The highest BCUT2D eigenvalue weighted by Crippen LogP contribution is 2.38. The summed E-state index contributed by atoms with van der Waals surface area (Å²) >= 11 is 0. The third-order valence-corrected chi connectivity index (χ3v) is 7.05. The van der Waals surface area contributed by atoms with Gasteiger partial charge in [-0.2, -0.15) is 0 Å². The second-order valence-corrected chi connectivity index (χ2v) is 9.64. The molecule has 1 aromatic heterocycles. The van der Waals surface area contributed by atoms with E-state index in [1.165, 1.54) is 38.5 Å². The highest BCUT2D eigenvalue weighted by atomic mass is 16.7. The summed E-state index contributed by atoms with van der Waals surface area (Å²) in [6.07, 6.45) is -14.2. The van der Waals surface area contributed by atoms with Gasteiger partial charge in [0.25, 0.3) is 0 Å². The summed E-state index contributed by atoms with van der Waals surface area (Å²) < 4.78 is 38.5. The zero-order valence-corrected chi connectivity index (χ0v) is 21.8. The predicted octanol–water partition coefficient (Wildman–Crippen LogP) is -1.69. The van der Waals surface area contributed by atoms with E-state index in [1.807, 2.05) is 0 Å². The molecular weight excluding hydrogens is 552 g/mol. The first-order valence-electron chi connectivity index (χ1n) is 12.5. The van der Waals surface area contributed by atoms with Crippen LogP contribution in [-0.2, 0) is 14.2 Å². The molecule has 7 N–H and O–H groups in total. The van der Waals surface area contributed by atoms with E-state index in [2.05, 4.69) is 0 Å². The Morgan fingerprint density at radius 1 is 0.854 bits per heavy atom. The number of phenolic OH excluding ortho intramolecular Hbond substituents is 1. The van der Waals surface area contributed by atoms with Crippen molar-refractivity contribution in [3.05, 3.63) is 34.5 Å². The summed E-state index contributed by atoms with van der Waals surface area (Å²) in [5.41, 5.74) is -0.750. The molecule has 15 heteroatoms. The second kappa shape index (κ2) is 11.6. The minimum absolute atomic E-state index is 0.0179. The van der Waals surface area contributed by atoms with E-state index in [0.717, 1.165) is 0 Å². The van der Waals surface area contributed by atoms with Gasteiger partial charge >= 0.3 is 0 Å². The predicted molar refractivity (Wildman–Crippen MR) is 136 cm³/mol. The number of phenols is 1. The van der Waals surface area contributed by atoms with Crippen LogP contribution < -0.4 is 19.6 Å². The number of aliphatic hydroxyl groups is 6. The zero-order valence-electron chi connectivity index (χ0n) is 21.8. The van der Waals surface area contributed by atoms with Gasteiger partial charge in [0.1, 0.15) is 76.3 Å². The lowest BCUT2D eigenvalue weighted by atomic mass is 9.99. The Kier molecular flexibility index (Phi) is 8.24. The van der Waals surface area contributed by atoms with Gasteiger partial charge in [-0.05, 0) is 12.1 Å². The van der Waals surface area contributed by atoms with Crippen LogP contribution in [0.5, 0.6) is 23.0 Å². The maximum Gasteiger partial charge on any atom is 0.229 e. The van der Waals surface area contributed by atoms with Crippen molar-refractivity contribution in [2.75, 3.05) is 27.4 Å². The monoisotopic (exact) mass is 582 g/mol. The number of ether oxygens (including phenoxy) is 6. The SMILES string of the molecule is COc1cc(OC2OC(COC3OCC(O)C(O)C3O)C(O)C(O)C2O)c2c(=O)c3c(O)ccc(OC)c3oc2c1. The van der Waals surface area contributed by atoms with E-state index < -0.39 is 67.3 Å². The molecule has 2 aliphatic rings. The van der Waals surface area contributed by atoms with Gasteiger partial charge in [0.05, 0.1) is 27.4 Å². The van der Waals surface area contributed by atoms with Crippen molar-refractivity contribution < 1.29 is 68.6 Å². The van der Waals surface area contributed by atoms with E-state index in [0.29, 0.717) is 0 Å². The smallest absolute Gasteiger partial charge is 0.229 e. The van der Waals surface area contributed by atoms with E-state index in [4.69, 9.17) is 32.8 Å². The molecule has 9 unspecified atom stereocenters. The average molecular weight is 583 g/mol. The molecule has 224 valence electrons. The standard InChI is InChI=1S/C26H30O15/c1-35-9-5-13-17(20(31)16-10(27)3-4-12(36-2)24(16)39-13)14(6-9)40-26-23(34)21(32)19(30)15(41-26)8-38-25-22(33)18(29)11(28)7-37-25/h3-6,11,15,18-19,21-23,25-30,32-34H,7-8H2,1-2H3. The third kappa shape index (κ3) is 5.27. The van der Waals surface area contributed by atoms with E-state index in [1.54, 1.807) is 0 Å². The first-order valence-corrected chi connectivity index (χ1v) is 12.5. The molecule has 2 saturated heterocycles. The van der Waals surface area contributed by atoms with E-state index in [9.17, 15) is 40.5 Å². The van der Waals surface area contributed by atoms with Gasteiger partial charge in [-0.1, -0.05) is 0 Å². The topological polar surface area (TPSA) is 227 Å². The number of fused-ring (bicyclic) bond motifs is 2. The van der Waals surface area contributed by atoms with Gasteiger partial charge in [-0.3, -0.25) is 4.79 Å². The zero-order chi connectivity index (χ0) is 29.6. The van der Waals surface area contributed by atoms with Gasteiger partial charge in [-0.15, -0.1) is 0 Å². The number of benzene rings is 2. The summed E-state index contributed by atoms with van der Waals surface area (Å²) in [5.74, 6) is -0.216. The van der Waals surface area contributed by atoms with Crippen molar-refractivity contribution in [2.45, 2.75) is 55.3 Å². The fraction of sp³-hybridized carbons (Fsp3) is 0.500. The molecule has 2 fully saturated rings. The summed E-state index contributed by atoms with van der Waals surface area (Å²) in [4.78, 5) is 13.6. The Morgan fingerprint density at radius 2 is 1.59 bits per heavy atom. The van der Waals surface area contributed by atoms with Crippen LogP contribution in [0.15, 0.2) is 33.5 Å². The normalized spacial score (nSPS) is 32.2. The maximum absolute atomic E-state index is 13.6. The molecule has 0 aliphatic carbocycles. The fourth-order valence-corrected chi connectivity index (χ4v) is 4.74. The van der Waals surface area contributed by atoms with Crippen LogP contribution in [0.3, 0.4) is 0 Å². The quantitative estimate of drug-likeness (QED) is 0.154. The highest BCUT2D eigenvalue weighted by Gasteiger charge is 2.46. The molecule has 15 nitrogen and oxygen atoms in total. The fourth-order valence-electron chi connectivity index (χ4n) is 4.74. The van der Waals surface area contributed by atoms with Crippen LogP contribution in [0, 0.1) is 0 Å². The molecule has 0 spiro atoms. The Hall–Kier alpha value is -3.25. The Balaban J connectivity index is 1.47. The molecule has 0 bridgehead atoms. The first kappa shape index (κ1) is 29.2. The summed E-state index contributed by atoms with van der Waals surface area (Å²) in [5, 5.41) is 71.3. The molecule has 0 amide bonds. The van der Waals surface area contributed by atoms with Crippen LogP contribution in [0.1, 0.15) is 0 Å². The van der Waals surface area contributed by atoms with Crippen molar-refractivity contribution in [1.82, 2.24) is 0 Å². The molecule has 5 rings (SSSR count). The Labute approximate surface area is 231 Å². The molecule has 41 heavy (non-hydrogen) atoms. The number of aromatic hydroxyl groups is 1. The van der Waals surface area contributed by atoms with Crippen molar-refractivity contribution in [3.63, 3.8) is 0 Å². The maximum atomic E-state index is 13.6. The van der Waals surface area contributed by atoms with Crippen LogP contribution in [0.4, 0.5) is 0 Å². The van der Waals surface area contributed by atoms with Gasteiger partial charge in [0.2, 0.25) is 11.7 Å². The lowest BCUT2D eigenvalue weighted by Gasteiger charge is -2.41. The number of methoxy groups -OCH3 is 2. The molecule has 3 aromatic rings. The first-order chi connectivity index (χ1) is 19.5. The van der Waals surface area contributed by atoms with Crippen LogP contribution in [-0.4, -0.2) is 118 Å². The largest absolute Gasteiger partial charge is 0.507 e. The lowest BCUT2D eigenvalue weighted by molar-refractivity contribution is -0.307. The van der Waals surface area contributed by atoms with E-state index >= 15 is 0 Å². The van der Waals surface area contributed by atoms with Crippen LogP contribution in [0.2, 0.25) is 0 Å².